The highest BCUT2D eigenvalue weighted by Crippen LogP contribution is 2.29. The van der Waals surface area contributed by atoms with Crippen molar-refractivity contribution in [3.05, 3.63) is 28.9 Å². The first kappa shape index (κ1) is 22.5. The lowest BCUT2D eigenvalue weighted by Gasteiger charge is -2.19. The number of thioether (sulfide) groups is 1. The molecular weight excluding hydrogens is 441 g/mol. The second-order valence-electron chi connectivity index (χ2n) is 6.26. The number of hydrogen-bond acceptors (Lipinski definition) is 10. The van der Waals surface area contributed by atoms with Crippen molar-refractivity contribution in [1.82, 2.24) is 35.6 Å². The summed E-state index contributed by atoms with van der Waals surface area (Å²) in [6.45, 7) is 3.73. The number of nitrogens with zero attached hydrogens (tertiary/aromatic N) is 5. The van der Waals surface area contributed by atoms with Gasteiger partial charge in [-0.25, -0.2) is 9.89 Å². The van der Waals surface area contributed by atoms with Crippen molar-refractivity contribution in [2.75, 3.05) is 12.3 Å². The normalized spacial score (nSPS) is 13.3. The molecule has 0 radical (unpaired) electrons. The van der Waals surface area contributed by atoms with E-state index in [9.17, 15) is 13.2 Å². The Balaban J connectivity index is 0.000000339. The molecule has 0 bridgehead atoms. The Hall–Kier alpha value is -3.20. The number of rotatable bonds is 4. The minimum atomic E-state index is -5.08. The van der Waals surface area contributed by atoms with Gasteiger partial charge in [0.1, 0.15) is 0 Å². The van der Waals surface area contributed by atoms with Gasteiger partial charge in [-0.15, -0.1) is 5.10 Å². The van der Waals surface area contributed by atoms with Gasteiger partial charge in [0.25, 0.3) is 0 Å². The number of fused-ring (bicyclic) bond motifs is 1. The fraction of sp³-hybridized carbons (Fsp3) is 0.375. The Morgan fingerprint density at radius 3 is 2.77 bits per heavy atom. The first-order chi connectivity index (χ1) is 14.6. The summed E-state index contributed by atoms with van der Waals surface area (Å²) >= 11 is 1.38. The van der Waals surface area contributed by atoms with Crippen LogP contribution in [0.15, 0.2) is 15.9 Å². The maximum atomic E-state index is 10.6. The molecule has 3 aromatic heterocycles. The molecule has 3 aromatic rings. The first-order valence-electron chi connectivity index (χ1n) is 8.77. The zero-order chi connectivity index (χ0) is 22.6. The quantitative estimate of drug-likeness (QED) is 0.420. The van der Waals surface area contributed by atoms with Crippen molar-refractivity contribution >= 4 is 23.7 Å². The van der Waals surface area contributed by atoms with Crippen molar-refractivity contribution in [3.63, 3.8) is 0 Å². The van der Waals surface area contributed by atoms with E-state index in [1.54, 1.807) is 0 Å². The minimum absolute atomic E-state index is 0.287. The van der Waals surface area contributed by atoms with Crippen LogP contribution >= 0.6 is 11.8 Å². The van der Waals surface area contributed by atoms with E-state index >= 15 is 0 Å². The molecule has 11 nitrogen and oxygen atoms in total. The van der Waals surface area contributed by atoms with Gasteiger partial charge in [0, 0.05) is 24.0 Å². The number of alkyl halides is 3. The number of aromatic amines is 1. The number of pyridine rings is 1. The van der Waals surface area contributed by atoms with Crippen molar-refractivity contribution in [2.45, 2.75) is 37.0 Å². The van der Waals surface area contributed by atoms with E-state index in [0.29, 0.717) is 22.6 Å². The van der Waals surface area contributed by atoms with Crippen LogP contribution in [-0.2, 0) is 23.5 Å². The number of carbonyl (C=O) groups is 1. The Bertz CT molecular complexity index is 1070. The third-order valence-corrected chi connectivity index (χ3v) is 4.91. The smallest absolute Gasteiger partial charge is 0.475 e. The lowest BCUT2D eigenvalue weighted by Crippen LogP contribution is -2.24. The van der Waals surface area contributed by atoms with Crippen LogP contribution in [0.3, 0.4) is 0 Å². The van der Waals surface area contributed by atoms with Crippen LogP contribution in [0.1, 0.15) is 22.7 Å². The second-order valence-corrected chi connectivity index (χ2v) is 7.20. The summed E-state index contributed by atoms with van der Waals surface area (Å²) in [5.41, 5.74) is 9.85. The van der Waals surface area contributed by atoms with Gasteiger partial charge in [-0.05, 0) is 31.0 Å². The molecule has 166 valence electrons. The fourth-order valence-electron chi connectivity index (χ4n) is 2.73. The van der Waals surface area contributed by atoms with Gasteiger partial charge in [-0.1, -0.05) is 16.9 Å². The van der Waals surface area contributed by atoms with Gasteiger partial charge >= 0.3 is 12.1 Å². The lowest BCUT2D eigenvalue weighted by atomic mass is 9.95. The van der Waals surface area contributed by atoms with Crippen molar-refractivity contribution in [1.29, 1.82) is 0 Å². The number of carboxylic acid groups (broad SMARTS) is 1. The monoisotopic (exact) mass is 458 g/mol. The fourth-order valence-corrected chi connectivity index (χ4v) is 3.37. The molecule has 0 aromatic carbocycles. The number of hydrogen-bond donors (Lipinski definition) is 4. The molecule has 1 aliphatic heterocycles. The Morgan fingerprint density at radius 1 is 1.39 bits per heavy atom. The summed E-state index contributed by atoms with van der Waals surface area (Å²) in [6.07, 6.45) is -2.23. The van der Waals surface area contributed by atoms with Crippen molar-refractivity contribution in [2.24, 2.45) is 0 Å². The summed E-state index contributed by atoms with van der Waals surface area (Å²) in [4.78, 5) is 21.9. The minimum Gasteiger partial charge on any atom is -0.475 e. The maximum absolute atomic E-state index is 10.6. The van der Waals surface area contributed by atoms with Crippen LogP contribution in [0.2, 0.25) is 0 Å². The largest absolute Gasteiger partial charge is 0.490 e. The highest BCUT2D eigenvalue weighted by Gasteiger charge is 2.38. The van der Waals surface area contributed by atoms with E-state index in [0.717, 1.165) is 30.8 Å². The Labute approximate surface area is 177 Å². The van der Waals surface area contributed by atoms with Crippen LogP contribution < -0.4 is 11.1 Å². The Kier molecular flexibility index (Phi) is 6.74. The number of carboxylic acids is 1. The van der Waals surface area contributed by atoms with E-state index < -0.39 is 12.1 Å². The number of aliphatic carboxylic acids is 1. The van der Waals surface area contributed by atoms with E-state index in [1.165, 1.54) is 22.9 Å². The van der Waals surface area contributed by atoms with E-state index in [-0.39, 0.29) is 5.95 Å². The predicted octanol–water partition coefficient (Wildman–Crippen LogP) is 1.71. The number of anilines is 1. The molecule has 0 aliphatic carbocycles. The van der Waals surface area contributed by atoms with Gasteiger partial charge in [-0.3, -0.25) is 4.98 Å². The highest BCUT2D eigenvalue weighted by atomic mass is 32.2. The zero-order valence-corrected chi connectivity index (χ0v) is 16.8. The third-order valence-electron chi connectivity index (χ3n) is 4.07. The molecule has 4 rings (SSSR count). The standard InChI is InChI=1S/C14H16N8OS.C2HF3O2/c1-7-11(9-2-3-16-4-8(9)5-17-7)12-18-10(23-22-12)6-24-14-19-13(15)20-21-14;3-2(4,5)1(6)7/h5,16H,2-4,6H2,1H3,(H3,15,19,20,21);(H,6,7). The predicted molar refractivity (Wildman–Crippen MR) is 102 cm³/mol. The van der Waals surface area contributed by atoms with E-state index in [4.69, 9.17) is 20.2 Å². The lowest BCUT2D eigenvalue weighted by molar-refractivity contribution is -0.192. The van der Waals surface area contributed by atoms with Gasteiger partial charge < -0.3 is 20.7 Å². The third kappa shape index (κ3) is 5.69. The Morgan fingerprint density at radius 2 is 2.13 bits per heavy atom. The van der Waals surface area contributed by atoms with Crippen molar-refractivity contribution < 1.29 is 27.6 Å². The SMILES string of the molecule is Cc1ncc2c(c1-c1noc(CSc3n[nH]c(N)n3)n1)CCNC2.O=C(O)C(F)(F)F. The molecule has 15 heteroatoms. The van der Waals surface area contributed by atoms with E-state index in [1.807, 2.05) is 13.1 Å². The second kappa shape index (κ2) is 9.30. The van der Waals surface area contributed by atoms with Crippen LogP contribution in [-0.4, -0.2) is 54.1 Å². The molecular formula is C16H17F3N8O3S. The molecule has 0 spiro atoms. The number of H-pyrrole nitrogens is 1. The average Bonchev–Trinajstić information content (AvgIpc) is 3.35. The summed E-state index contributed by atoms with van der Waals surface area (Å²) in [5.74, 6) is -0.886. The zero-order valence-electron chi connectivity index (χ0n) is 16.0. The average molecular weight is 458 g/mol. The molecule has 0 fully saturated rings. The molecule has 4 heterocycles. The summed E-state index contributed by atoms with van der Waals surface area (Å²) in [5, 5.41) is 21.7. The number of nitrogen functional groups attached to an aromatic ring is 1. The number of nitrogens with one attached hydrogen (secondary N) is 2. The topological polar surface area (TPSA) is 169 Å². The maximum Gasteiger partial charge on any atom is 0.490 e. The van der Waals surface area contributed by atoms with Gasteiger partial charge in [0.15, 0.2) is 0 Å². The molecule has 0 amide bonds. The van der Waals surface area contributed by atoms with Crippen LogP contribution in [0.5, 0.6) is 0 Å². The summed E-state index contributed by atoms with van der Waals surface area (Å²) in [7, 11) is 0. The number of halogens is 3. The van der Waals surface area contributed by atoms with Gasteiger partial charge in [0.2, 0.25) is 22.8 Å². The molecule has 1 aliphatic rings. The number of aryl methyl sites for hydroxylation is 1. The van der Waals surface area contributed by atoms with E-state index in [2.05, 4.69) is 35.6 Å². The van der Waals surface area contributed by atoms with Gasteiger partial charge in [0.05, 0.1) is 5.75 Å². The van der Waals surface area contributed by atoms with Crippen LogP contribution in [0.4, 0.5) is 19.1 Å². The number of nitrogens with two attached hydrogens (primary N) is 1. The van der Waals surface area contributed by atoms with Crippen LogP contribution in [0.25, 0.3) is 11.4 Å². The summed E-state index contributed by atoms with van der Waals surface area (Å²) < 4.78 is 37.1. The highest BCUT2D eigenvalue weighted by molar-refractivity contribution is 7.98. The van der Waals surface area contributed by atoms with Crippen LogP contribution in [0, 0.1) is 6.92 Å². The molecule has 0 saturated carbocycles. The summed E-state index contributed by atoms with van der Waals surface area (Å²) in [6, 6.07) is 0. The molecule has 31 heavy (non-hydrogen) atoms. The van der Waals surface area contributed by atoms with Crippen molar-refractivity contribution in [3.8, 4) is 11.4 Å². The molecule has 0 atom stereocenters. The molecule has 0 saturated heterocycles. The molecule has 0 unspecified atom stereocenters. The number of aromatic nitrogens is 6. The first-order valence-corrected chi connectivity index (χ1v) is 9.75. The molecule has 5 N–H and O–H groups in total. The van der Waals surface area contributed by atoms with Gasteiger partial charge in [-0.2, -0.15) is 23.1 Å².